The zero-order valence-corrected chi connectivity index (χ0v) is 10.1. The summed E-state index contributed by atoms with van der Waals surface area (Å²) >= 11 is 0. The van der Waals surface area contributed by atoms with E-state index in [2.05, 4.69) is 10.1 Å². The van der Waals surface area contributed by atoms with Gasteiger partial charge in [0.15, 0.2) is 5.84 Å². The molecule has 2 rings (SSSR count). The maximum absolute atomic E-state index is 8.78. The van der Waals surface area contributed by atoms with Gasteiger partial charge in [-0.05, 0) is 32.6 Å². The molecule has 1 aromatic heterocycles. The first kappa shape index (κ1) is 11.7. The number of nitrogens with two attached hydrogens (primary N) is 1. The molecule has 1 saturated carbocycles. The van der Waals surface area contributed by atoms with Crippen LogP contribution in [0.4, 0.5) is 0 Å². The number of hydrogen-bond acceptors (Lipinski definition) is 4. The second-order valence-electron chi connectivity index (χ2n) is 4.46. The summed E-state index contributed by atoms with van der Waals surface area (Å²) < 4.78 is 5.73. The van der Waals surface area contributed by atoms with E-state index in [9.17, 15) is 0 Å². The Hall–Kier alpha value is -1.78. The second kappa shape index (κ2) is 4.61. The van der Waals surface area contributed by atoms with Crippen molar-refractivity contribution in [3.05, 3.63) is 23.0 Å². The molecular weight excluding hydrogens is 218 g/mol. The summed E-state index contributed by atoms with van der Waals surface area (Å²) in [4.78, 5) is 4.29. The normalized spacial score (nSPS) is 16.0. The second-order valence-corrected chi connectivity index (χ2v) is 4.46. The quantitative estimate of drug-likeness (QED) is 0.359. The number of rotatable bonds is 4. The molecule has 17 heavy (non-hydrogen) atoms. The summed E-state index contributed by atoms with van der Waals surface area (Å²) in [7, 11) is 0. The van der Waals surface area contributed by atoms with Gasteiger partial charge in [0.25, 0.3) is 0 Å². The van der Waals surface area contributed by atoms with Crippen LogP contribution in [0.2, 0.25) is 0 Å². The molecule has 1 aliphatic rings. The fraction of sp³-hybridized carbons (Fsp3) is 0.500. The maximum atomic E-state index is 8.78. The molecule has 3 N–H and O–H groups in total. The lowest BCUT2D eigenvalue weighted by molar-refractivity contribution is 0.297. The van der Waals surface area contributed by atoms with Gasteiger partial charge in [-0.15, -0.1) is 0 Å². The van der Waals surface area contributed by atoms with E-state index in [0.717, 1.165) is 5.69 Å². The zero-order chi connectivity index (χ0) is 12.4. The van der Waals surface area contributed by atoms with Crippen molar-refractivity contribution in [2.75, 3.05) is 6.61 Å². The van der Waals surface area contributed by atoms with Crippen LogP contribution in [-0.2, 0) is 0 Å². The Kier molecular flexibility index (Phi) is 3.17. The van der Waals surface area contributed by atoms with Crippen LogP contribution in [0.15, 0.2) is 11.2 Å². The van der Waals surface area contributed by atoms with Gasteiger partial charge in [-0.2, -0.15) is 0 Å². The topological polar surface area (TPSA) is 80.7 Å². The Labute approximate surface area is 100 Å². The highest BCUT2D eigenvalue weighted by atomic mass is 16.5. The van der Waals surface area contributed by atoms with E-state index in [1.165, 1.54) is 12.8 Å². The van der Waals surface area contributed by atoms with Crippen LogP contribution in [0.1, 0.15) is 29.8 Å². The molecule has 1 aromatic rings. The molecule has 0 saturated heterocycles. The average molecular weight is 235 g/mol. The monoisotopic (exact) mass is 235 g/mol. The molecule has 1 heterocycles. The molecule has 0 radical (unpaired) electrons. The lowest BCUT2D eigenvalue weighted by Gasteiger charge is -2.13. The van der Waals surface area contributed by atoms with Crippen LogP contribution >= 0.6 is 0 Å². The molecule has 0 atom stereocenters. The van der Waals surface area contributed by atoms with E-state index in [1.54, 1.807) is 0 Å². The van der Waals surface area contributed by atoms with Gasteiger partial charge in [0, 0.05) is 11.8 Å². The van der Waals surface area contributed by atoms with Crippen molar-refractivity contribution in [3.8, 4) is 5.75 Å². The van der Waals surface area contributed by atoms with Gasteiger partial charge in [-0.3, -0.25) is 4.98 Å². The molecule has 5 heteroatoms. The Balaban J connectivity index is 2.31. The van der Waals surface area contributed by atoms with Crippen molar-refractivity contribution in [1.29, 1.82) is 0 Å². The number of pyridine rings is 1. The predicted octanol–water partition coefficient (Wildman–Crippen LogP) is 1.58. The van der Waals surface area contributed by atoms with Crippen LogP contribution in [0, 0.1) is 19.8 Å². The van der Waals surface area contributed by atoms with Gasteiger partial charge < -0.3 is 15.7 Å². The molecule has 0 bridgehead atoms. The molecular formula is C12H17N3O2. The summed E-state index contributed by atoms with van der Waals surface area (Å²) in [6.07, 6.45) is 2.45. The SMILES string of the molecule is Cc1cc(OCC2CC2)c(/C(N)=N/O)c(C)n1. The van der Waals surface area contributed by atoms with Crippen molar-refractivity contribution in [2.45, 2.75) is 26.7 Å². The molecule has 0 unspecified atom stereocenters. The summed E-state index contributed by atoms with van der Waals surface area (Å²) in [6, 6.07) is 1.82. The van der Waals surface area contributed by atoms with E-state index in [-0.39, 0.29) is 5.84 Å². The van der Waals surface area contributed by atoms with E-state index < -0.39 is 0 Å². The van der Waals surface area contributed by atoms with Gasteiger partial charge in [0.05, 0.1) is 17.9 Å². The van der Waals surface area contributed by atoms with Crippen LogP contribution in [0.3, 0.4) is 0 Å². The molecule has 0 spiro atoms. The van der Waals surface area contributed by atoms with Crippen LogP contribution in [0.25, 0.3) is 0 Å². The van der Waals surface area contributed by atoms with Gasteiger partial charge in [-0.1, -0.05) is 5.16 Å². The Morgan fingerprint density at radius 1 is 1.59 bits per heavy atom. The maximum Gasteiger partial charge on any atom is 0.175 e. The van der Waals surface area contributed by atoms with E-state index in [4.69, 9.17) is 15.7 Å². The van der Waals surface area contributed by atoms with E-state index >= 15 is 0 Å². The first-order valence-electron chi connectivity index (χ1n) is 5.70. The zero-order valence-electron chi connectivity index (χ0n) is 10.1. The Morgan fingerprint density at radius 3 is 2.88 bits per heavy atom. The highest BCUT2D eigenvalue weighted by Gasteiger charge is 2.23. The summed E-state index contributed by atoms with van der Waals surface area (Å²) in [5.41, 5.74) is 7.81. The third kappa shape index (κ3) is 2.67. The van der Waals surface area contributed by atoms with Crippen molar-refractivity contribution >= 4 is 5.84 Å². The molecule has 5 nitrogen and oxygen atoms in total. The number of nitrogens with zero attached hydrogens (tertiary/aromatic N) is 2. The Bertz CT molecular complexity index is 453. The van der Waals surface area contributed by atoms with Gasteiger partial charge in [-0.25, -0.2) is 0 Å². The lowest BCUT2D eigenvalue weighted by atomic mass is 10.1. The minimum absolute atomic E-state index is 0.0424. The fourth-order valence-corrected chi connectivity index (χ4v) is 1.76. The largest absolute Gasteiger partial charge is 0.492 e. The van der Waals surface area contributed by atoms with E-state index in [1.807, 2.05) is 19.9 Å². The highest BCUT2D eigenvalue weighted by molar-refractivity contribution is 6.00. The molecule has 92 valence electrons. The summed E-state index contributed by atoms with van der Waals surface area (Å²) in [5.74, 6) is 1.35. The number of hydrogen-bond donors (Lipinski definition) is 2. The minimum Gasteiger partial charge on any atom is -0.492 e. The molecule has 1 fully saturated rings. The van der Waals surface area contributed by atoms with Crippen molar-refractivity contribution in [3.63, 3.8) is 0 Å². The van der Waals surface area contributed by atoms with Gasteiger partial charge >= 0.3 is 0 Å². The molecule has 0 aliphatic heterocycles. The molecule has 1 aliphatic carbocycles. The summed E-state index contributed by atoms with van der Waals surface area (Å²) in [5, 5.41) is 11.8. The van der Waals surface area contributed by atoms with Crippen molar-refractivity contribution < 1.29 is 9.94 Å². The van der Waals surface area contributed by atoms with Crippen LogP contribution in [-0.4, -0.2) is 22.6 Å². The first-order chi connectivity index (χ1) is 8.11. The number of aromatic nitrogens is 1. The highest BCUT2D eigenvalue weighted by Crippen LogP contribution is 2.31. The standard InChI is InChI=1S/C12H17N3O2/c1-7-5-10(17-6-9-3-4-9)11(8(2)14-7)12(13)15-16/h5,9,16H,3-4,6H2,1-2H3,(H2,13,15). The minimum atomic E-state index is 0.0424. The van der Waals surface area contributed by atoms with Crippen molar-refractivity contribution in [1.82, 2.24) is 4.98 Å². The first-order valence-corrected chi connectivity index (χ1v) is 5.70. The smallest absolute Gasteiger partial charge is 0.175 e. The van der Waals surface area contributed by atoms with Crippen LogP contribution in [0.5, 0.6) is 5.75 Å². The third-order valence-electron chi connectivity index (χ3n) is 2.83. The third-order valence-corrected chi connectivity index (χ3v) is 2.83. The molecule has 0 aromatic carbocycles. The number of aryl methyl sites for hydroxylation is 2. The molecule has 0 amide bonds. The van der Waals surface area contributed by atoms with Gasteiger partial charge in [0.1, 0.15) is 5.75 Å². The fourth-order valence-electron chi connectivity index (χ4n) is 1.76. The number of ether oxygens (including phenoxy) is 1. The van der Waals surface area contributed by atoms with Gasteiger partial charge in [0.2, 0.25) is 0 Å². The van der Waals surface area contributed by atoms with E-state index in [0.29, 0.717) is 29.5 Å². The lowest BCUT2D eigenvalue weighted by Crippen LogP contribution is -2.18. The summed E-state index contributed by atoms with van der Waals surface area (Å²) in [6.45, 7) is 4.41. The predicted molar refractivity (Wildman–Crippen MR) is 64.4 cm³/mol. The number of oxime groups is 1. The average Bonchev–Trinajstić information content (AvgIpc) is 3.08. The van der Waals surface area contributed by atoms with Crippen molar-refractivity contribution in [2.24, 2.45) is 16.8 Å². The number of amidine groups is 1. The Morgan fingerprint density at radius 2 is 2.29 bits per heavy atom. The van der Waals surface area contributed by atoms with Crippen LogP contribution < -0.4 is 10.5 Å².